The number of hydrogen-bond donors (Lipinski definition) is 1. The molecule has 0 bridgehead atoms. The van der Waals surface area contributed by atoms with Gasteiger partial charge >= 0.3 is 0 Å². The average molecular weight is 347 g/mol. The zero-order valence-electron chi connectivity index (χ0n) is 10.8. The Hall–Kier alpha value is -2.47. The fourth-order valence-electron chi connectivity index (χ4n) is 1.60. The van der Waals surface area contributed by atoms with Crippen LogP contribution in [0.15, 0.2) is 65.3 Å². The maximum absolute atomic E-state index is 11.9. The molecule has 0 aliphatic heterocycles. The van der Waals surface area contributed by atoms with Gasteiger partial charge in [-0.15, -0.1) is 0 Å². The van der Waals surface area contributed by atoms with E-state index < -0.39 is 4.92 Å². The van der Waals surface area contributed by atoms with Crippen LogP contribution in [-0.2, 0) is 0 Å². The van der Waals surface area contributed by atoms with Crippen molar-refractivity contribution in [3.63, 3.8) is 0 Å². The van der Waals surface area contributed by atoms with Crippen LogP contribution >= 0.6 is 15.9 Å². The molecule has 0 aliphatic carbocycles. The van der Waals surface area contributed by atoms with Gasteiger partial charge in [-0.25, -0.2) is 0 Å². The number of halogens is 1. The Balaban J connectivity index is 1.98. The van der Waals surface area contributed by atoms with Crippen molar-refractivity contribution in [2.24, 2.45) is 0 Å². The summed E-state index contributed by atoms with van der Waals surface area (Å²) in [7, 11) is 0. The highest BCUT2D eigenvalue weighted by atomic mass is 79.9. The molecular weight excluding hydrogens is 336 g/mol. The maximum Gasteiger partial charge on any atom is 0.269 e. The van der Waals surface area contributed by atoms with Gasteiger partial charge in [0.2, 0.25) is 0 Å². The second kappa shape index (κ2) is 6.81. The fourth-order valence-corrected chi connectivity index (χ4v) is 1.87. The van der Waals surface area contributed by atoms with E-state index in [9.17, 15) is 14.9 Å². The van der Waals surface area contributed by atoms with Crippen LogP contribution in [0, 0.1) is 10.1 Å². The molecular formula is C15H11BrN2O3. The second-order valence-electron chi connectivity index (χ2n) is 4.15. The van der Waals surface area contributed by atoms with E-state index in [4.69, 9.17) is 0 Å². The van der Waals surface area contributed by atoms with Gasteiger partial charge in [-0.05, 0) is 36.4 Å². The molecule has 1 N–H and O–H groups in total. The summed E-state index contributed by atoms with van der Waals surface area (Å²) in [5, 5.41) is 13.5. The molecule has 0 heterocycles. The van der Waals surface area contributed by atoms with Crippen LogP contribution in [0.1, 0.15) is 10.4 Å². The number of ketones is 1. The number of hydrogen-bond acceptors (Lipinski definition) is 4. The molecule has 0 fully saturated rings. The molecule has 0 radical (unpaired) electrons. The van der Waals surface area contributed by atoms with Gasteiger partial charge < -0.3 is 5.32 Å². The highest BCUT2D eigenvalue weighted by Gasteiger charge is 2.06. The number of carbonyl (C=O) groups is 1. The molecule has 0 atom stereocenters. The van der Waals surface area contributed by atoms with E-state index in [0.29, 0.717) is 5.56 Å². The summed E-state index contributed by atoms with van der Waals surface area (Å²) >= 11 is 3.34. The highest BCUT2D eigenvalue weighted by molar-refractivity contribution is 9.10. The minimum atomic E-state index is -0.501. The highest BCUT2D eigenvalue weighted by Crippen LogP contribution is 2.15. The van der Waals surface area contributed by atoms with E-state index in [-0.39, 0.29) is 11.5 Å². The van der Waals surface area contributed by atoms with Crippen molar-refractivity contribution in [3.05, 3.63) is 81.0 Å². The molecule has 0 spiro atoms. The minimum Gasteiger partial charge on any atom is -0.362 e. The Morgan fingerprint density at radius 3 is 2.29 bits per heavy atom. The number of nitro groups is 1. The molecule has 0 aromatic heterocycles. The van der Waals surface area contributed by atoms with Crippen LogP contribution in [-0.4, -0.2) is 10.7 Å². The predicted octanol–water partition coefficient (Wildman–Crippen LogP) is 4.17. The van der Waals surface area contributed by atoms with Gasteiger partial charge in [0, 0.05) is 40.1 Å². The Morgan fingerprint density at radius 1 is 1.10 bits per heavy atom. The van der Waals surface area contributed by atoms with Crippen LogP contribution in [0.25, 0.3) is 0 Å². The van der Waals surface area contributed by atoms with Gasteiger partial charge in [-0.3, -0.25) is 14.9 Å². The molecule has 0 amide bonds. The number of anilines is 1. The normalized spacial score (nSPS) is 10.5. The van der Waals surface area contributed by atoms with Crippen LogP contribution in [0.2, 0.25) is 0 Å². The molecule has 0 unspecified atom stereocenters. The number of nitro benzene ring substituents is 1. The molecule has 21 heavy (non-hydrogen) atoms. The fraction of sp³-hybridized carbons (Fsp3) is 0. The van der Waals surface area contributed by atoms with Crippen molar-refractivity contribution in [1.29, 1.82) is 0 Å². The second-order valence-corrected chi connectivity index (χ2v) is 5.07. The summed E-state index contributed by atoms with van der Waals surface area (Å²) in [4.78, 5) is 21.9. The van der Waals surface area contributed by atoms with Crippen molar-refractivity contribution in [3.8, 4) is 0 Å². The first-order valence-electron chi connectivity index (χ1n) is 6.04. The Kier molecular flexibility index (Phi) is 4.84. The summed E-state index contributed by atoms with van der Waals surface area (Å²) in [6, 6.07) is 13.0. The summed E-state index contributed by atoms with van der Waals surface area (Å²) in [5.74, 6) is -0.227. The Bertz CT molecular complexity index is 679. The zero-order chi connectivity index (χ0) is 15.2. The zero-order valence-corrected chi connectivity index (χ0v) is 12.4. The van der Waals surface area contributed by atoms with Crippen molar-refractivity contribution in [2.45, 2.75) is 0 Å². The van der Waals surface area contributed by atoms with E-state index in [0.717, 1.165) is 10.2 Å². The largest absolute Gasteiger partial charge is 0.362 e. The number of non-ortho nitro benzene ring substituents is 1. The third-order valence-corrected chi connectivity index (χ3v) is 3.22. The lowest BCUT2D eigenvalue weighted by Gasteiger charge is -2.00. The van der Waals surface area contributed by atoms with Crippen LogP contribution in [0.5, 0.6) is 0 Å². The predicted molar refractivity (Wildman–Crippen MR) is 84.3 cm³/mol. The first-order valence-corrected chi connectivity index (χ1v) is 6.83. The Labute approximate surface area is 129 Å². The number of rotatable bonds is 5. The number of benzene rings is 2. The molecule has 5 nitrogen and oxygen atoms in total. The van der Waals surface area contributed by atoms with Gasteiger partial charge in [0.25, 0.3) is 5.69 Å². The molecule has 2 rings (SSSR count). The van der Waals surface area contributed by atoms with Crippen LogP contribution in [0.3, 0.4) is 0 Å². The van der Waals surface area contributed by atoms with Gasteiger partial charge in [-0.1, -0.05) is 15.9 Å². The van der Waals surface area contributed by atoms with Gasteiger partial charge in [0.1, 0.15) is 0 Å². The molecule has 0 saturated carbocycles. The Morgan fingerprint density at radius 2 is 1.71 bits per heavy atom. The van der Waals surface area contributed by atoms with Crippen molar-refractivity contribution < 1.29 is 9.72 Å². The molecule has 0 saturated heterocycles. The van der Waals surface area contributed by atoms with Gasteiger partial charge in [0.15, 0.2) is 5.78 Å². The van der Waals surface area contributed by atoms with Crippen LogP contribution < -0.4 is 5.32 Å². The van der Waals surface area contributed by atoms with Crippen molar-refractivity contribution in [1.82, 2.24) is 0 Å². The van der Waals surface area contributed by atoms with Crippen LogP contribution in [0.4, 0.5) is 11.4 Å². The standard InChI is InChI=1S/C15H11BrN2O3/c16-12-3-5-13(6-4-12)17-10-9-15(19)11-1-7-14(8-2-11)18(20)21/h1-10,17H. The SMILES string of the molecule is O=C(C=CNc1ccc(Br)cc1)c1ccc([N+](=O)[O-])cc1. The topological polar surface area (TPSA) is 72.2 Å². The third-order valence-electron chi connectivity index (χ3n) is 2.69. The quantitative estimate of drug-likeness (QED) is 0.381. The molecule has 2 aromatic carbocycles. The van der Waals surface area contributed by atoms with E-state index in [1.54, 1.807) is 0 Å². The minimum absolute atomic E-state index is 0.0384. The number of nitrogens with one attached hydrogen (secondary N) is 1. The van der Waals surface area contributed by atoms with Gasteiger partial charge in [0.05, 0.1) is 4.92 Å². The monoisotopic (exact) mass is 346 g/mol. The maximum atomic E-state index is 11.9. The average Bonchev–Trinajstić information content (AvgIpc) is 2.49. The first-order chi connectivity index (χ1) is 10.1. The van der Waals surface area contributed by atoms with E-state index >= 15 is 0 Å². The van der Waals surface area contributed by atoms with E-state index in [1.807, 2.05) is 24.3 Å². The number of allylic oxidation sites excluding steroid dienone is 1. The third kappa shape index (κ3) is 4.25. The van der Waals surface area contributed by atoms with E-state index in [1.165, 1.54) is 36.5 Å². The summed E-state index contributed by atoms with van der Waals surface area (Å²) < 4.78 is 0.971. The molecule has 0 aliphatic rings. The lowest BCUT2D eigenvalue weighted by Crippen LogP contribution is -1.97. The van der Waals surface area contributed by atoms with Crippen molar-refractivity contribution in [2.75, 3.05) is 5.32 Å². The van der Waals surface area contributed by atoms with E-state index in [2.05, 4.69) is 21.2 Å². The first kappa shape index (κ1) is 14.9. The number of nitrogens with zero attached hydrogens (tertiary/aromatic N) is 1. The van der Waals surface area contributed by atoms with Gasteiger partial charge in [-0.2, -0.15) is 0 Å². The number of carbonyl (C=O) groups excluding carboxylic acids is 1. The summed E-state index contributed by atoms with van der Waals surface area (Å²) in [6.45, 7) is 0. The molecule has 106 valence electrons. The smallest absolute Gasteiger partial charge is 0.269 e. The van der Waals surface area contributed by atoms with Crippen molar-refractivity contribution >= 4 is 33.1 Å². The molecule has 6 heteroatoms. The lowest BCUT2D eigenvalue weighted by atomic mass is 10.1. The summed E-state index contributed by atoms with van der Waals surface area (Å²) in [5.41, 5.74) is 1.21. The lowest BCUT2D eigenvalue weighted by molar-refractivity contribution is -0.384. The molecule has 2 aromatic rings. The summed E-state index contributed by atoms with van der Waals surface area (Å²) in [6.07, 6.45) is 2.91.